The molecule has 0 amide bonds. The number of aryl methyl sites for hydroxylation is 2. The molecule has 3 aromatic heterocycles. The van der Waals surface area contributed by atoms with Gasteiger partial charge in [-0.2, -0.15) is 9.97 Å². The Morgan fingerprint density at radius 2 is 1.74 bits per heavy atom. The van der Waals surface area contributed by atoms with E-state index >= 15 is 0 Å². The zero-order chi connectivity index (χ0) is 23.9. The van der Waals surface area contributed by atoms with Crippen LogP contribution in [0.1, 0.15) is 24.5 Å². The molecule has 0 radical (unpaired) electrons. The minimum Gasteiger partial charge on any atom is -0.378 e. The Bertz CT molecular complexity index is 1350. The molecule has 5 heterocycles. The number of nitrogens with zero attached hydrogens (tertiary/aromatic N) is 8. The fraction of sp³-hybridized carbons (Fsp3) is 0.520. The van der Waals surface area contributed by atoms with Gasteiger partial charge in [-0.1, -0.05) is 12.1 Å². The monoisotopic (exact) mass is 475 g/mol. The smallest absolute Gasteiger partial charge is 0.239 e. The number of rotatable bonds is 5. The van der Waals surface area contributed by atoms with E-state index in [2.05, 4.69) is 39.8 Å². The summed E-state index contributed by atoms with van der Waals surface area (Å²) in [4.78, 5) is 24.6. The van der Waals surface area contributed by atoms with Gasteiger partial charge in [0, 0.05) is 26.2 Å². The molecule has 10 nitrogen and oxygen atoms in total. The Kier molecular flexibility index (Phi) is 5.87. The lowest BCUT2D eigenvalue weighted by Crippen LogP contribution is -2.40. The maximum atomic E-state index is 5.62. The molecule has 10 heteroatoms. The van der Waals surface area contributed by atoms with Crippen LogP contribution in [0.3, 0.4) is 0 Å². The van der Waals surface area contributed by atoms with Crippen LogP contribution in [0.2, 0.25) is 0 Å². The van der Waals surface area contributed by atoms with E-state index in [0.29, 0.717) is 31.7 Å². The molecule has 0 saturated carbocycles. The minimum atomic E-state index is 0.520. The van der Waals surface area contributed by atoms with Crippen molar-refractivity contribution < 1.29 is 4.74 Å². The second kappa shape index (κ2) is 9.18. The molecule has 0 unspecified atom stereocenters. The molecule has 0 atom stereocenters. The second-order valence-electron chi connectivity index (χ2n) is 9.65. The zero-order valence-electron chi connectivity index (χ0n) is 20.7. The van der Waals surface area contributed by atoms with Gasteiger partial charge in [-0.15, -0.1) is 0 Å². The topological polar surface area (TPSA) is 89.2 Å². The van der Waals surface area contributed by atoms with Gasteiger partial charge in [0.1, 0.15) is 11.6 Å². The Labute approximate surface area is 204 Å². The molecule has 2 aliphatic rings. The summed E-state index contributed by atoms with van der Waals surface area (Å²) in [6.45, 7) is 7.93. The summed E-state index contributed by atoms with van der Waals surface area (Å²) < 4.78 is 9.77. The number of hydrogen-bond acceptors (Lipinski definition) is 8. The first kappa shape index (κ1) is 22.4. The Hall–Kier alpha value is -3.08. The van der Waals surface area contributed by atoms with Crippen molar-refractivity contribution in [3.8, 4) is 5.95 Å². The molecule has 0 bridgehead atoms. The summed E-state index contributed by atoms with van der Waals surface area (Å²) in [6, 6.07) is 8.64. The molecule has 0 spiro atoms. The average molecular weight is 476 g/mol. The van der Waals surface area contributed by atoms with Crippen LogP contribution in [0.25, 0.3) is 28.1 Å². The molecule has 1 aromatic carbocycles. The number of likely N-dealkylation sites (tertiary alicyclic amines) is 1. The SMILES string of the molecule is Cc1nc2ccccc2n1-c1nc(N2CCOCC2)c2nc(CNC3CCN(C)CC3)n(C)c2n1. The molecule has 35 heavy (non-hydrogen) atoms. The average Bonchev–Trinajstić information content (AvgIpc) is 3.39. The molecule has 1 N–H and O–H groups in total. The number of anilines is 1. The van der Waals surface area contributed by atoms with Crippen LogP contribution in [0.15, 0.2) is 24.3 Å². The Morgan fingerprint density at radius 1 is 0.971 bits per heavy atom. The molecule has 2 saturated heterocycles. The highest BCUT2D eigenvalue weighted by Gasteiger charge is 2.24. The summed E-state index contributed by atoms with van der Waals surface area (Å²) in [6.07, 6.45) is 2.33. The highest BCUT2D eigenvalue weighted by Crippen LogP contribution is 2.28. The van der Waals surface area contributed by atoms with E-state index in [1.165, 1.54) is 0 Å². The summed E-state index contributed by atoms with van der Waals surface area (Å²) in [5, 5.41) is 3.73. The lowest BCUT2D eigenvalue weighted by atomic mass is 10.1. The maximum absolute atomic E-state index is 5.62. The lowest BCUT2D eigenvalue weighted by Gasteiger charge is -2.29. The number of ether oxygens (including phenoxy) is 1. The van der Waals surface area contributed by atoms with Gasteiger partial charge in [-0.3, -0.25) is 4.57 Å². The van der Waals surface area contributed by atoms with E-state index in [1.807, 2.05) is 29.7 Å². The van der Waals surface area contributed by atoms with Gasteiger partial charge in [0.15, 0.2) is 17.0 Å². The molecular formula is C25H33N9O. The summed E-state index contributed by atoms with van der Waals surface area (Å²) >= 11 is 0. The maximum Gasteiger partial charge on any atom is 0.239 e. The Balaban J connectivity index is 1.42. The van der Waals surface area contributed by atoms with Crippen LogP contribution in [0.4, 0.5) is 5.82 Å². The third-order valence-electron chi connectivity index (χ3n) is 7.29. The number of aromatic nitrogens is 6. The van der Waals surface area contributed by atoms with Crippen molar-refractivity contribution in [2.45, 2.75) is 32.4 Å². The van der Waals surface area contributed by atoms with Crippen molar-refractivity contribution in [1.82, 2.24) is 39.3 Å². The number of nitrogens with one attached hydrogen (secondary N) is 1. The quantitative estimate of drug-likeness (QED) is 0.469. The van der Waals surface area contributed by atoms with Crippen LogP contribution in [0, 0.1) is 6.92 Å². The molecular weight excluding hydrogens is 442 g/mol. The van der Waals surface area contributed by atoms with Gasteiger partial charge in [-0.25, -0.2) is 9.97 Å². The highest BCUT2D eigenvalue weighted by atomic mass is 16.5. The van der Waals surface area contributed by atoms with Gasteiger partial charge in [0.25, 0.3) is 0 Å². The molecule has 2 aliphatic heterocycles. The van der Waals surface area contributed by atoms with Crippen molar-refractivity contribution in [1.29, 1.82) is 0 Å². The van der Waals surface area contributed by atoms with Crippen molar-refractivity contribution in [2.24, 2.45) is 7.05 Å². The van der Waals surface area contributed by atoms with Gasteiger partial charge >= 0.3 is 0 Å². The fourth-order valence-corrected chi connectivity index (χ4v) is 5.18. The number of piperidine rings is 1. The number of benzene rings is 1. The van der Waals surface area contributed by atoms with E-state index in [4.69, 9.17) is 24.7 Å². The van der Waals surface area contributed by atoms with Crippen LogP contribution in [0.5, 0.6) is 0 Å². The van der Waals surface area contributed by atoms with Crippen LogP contribution >= 0.6 is 0 Å². The van der Waals surface area contributed by atoms with Crippen molar-refractivity contribution in [3.05, 3.63) is 35.9 Å². The molecule has 184 valence electrons. The Morgan fingerprint density at radius 3 is 2.54 bits per heavy atom. The first-order valence-electron chi connectivity index (χ1n) is 12.5. The first-order chi connectivity index (χ1) is 17.1. The van der Waals surface area contributed by atoms with Gasteiger partial charge < -0.3 is 24.4 Å². The largest absolute Gasteiger partial charge is 0.378 e. The van der Waals surface area contributed by atoms with E-state index < -0.39 is 0 Å². The summed E-state index contributed by atoms with van der Waals surface area (Å²) in [5.41, 5.74) is 3.63. The zero-order valence-corrected chi connectivity index (χ0v) is 20.7. The normalized spacial score (nSPS) is 18.2. The third-order valence-corrected chi connectivity index (χ3v) is 7.29. The van der Waals surface area contributed by atoms with Crippen molar-refractivity contribution in [3.63, 3.8) is 0 Å². The lowest BCUT2D eigenvalue weighted by molar-refractivity contribution is 0.122. The number of imidazole rings is 2. The molecule has 6 rings (SSSR count). The van der Waals surface area contributed by atoms with E-state index in [9.17, 15) is 0 Å². The number of fused-ring (bicyclic) bond motifs is 2. The summed E-state index contributed by atoms with van der Waals surface area (Å²) in [5.74, 6) is 3.34. The number of morpholine rings is 1. The van der Waals surface area contributed by atoms with E-state index in [0.717, 1.165) is 78.7 Å². The first-order valence-corrected chi connectivity index (χ1v) is 12.5. The van der Waals surface area contributed by atoms with Crippen LogP contribution in [-0.4, -0.2) is 86.5 Å². The molecule has 0 aliphatic carbocycles. The third kappa shape index (κ3) is 4.15. The van der Waals surface area contributed by atoms with E-state index in [1.54, 1.807) is 0 Å². The second-order valence-corrected chi connectivity index (χ2v) is 9.65. The summed E-state index contributed by atoms with van der Waals surface area (Å²) in [7, 11) is 4.25. The van der Waals surface area contributed by atoms with Crippen molar-refractivity contribution in [2.75, 3.05) is 51.3 Å². The predicted octanol–water partition coefficient (Wildman–Crippen LogP) is 2.03. The molecule has 2 fully saturated rings. The standard InChI is InChI=1S/C25H33N9O/c1-17-27-19-6-4-5-7-20(19)34(17)25-29-23-22(24(30-25)33-12-14-35-15-13-33)28-21(32(23)3)16-26-18-8-10-31(2)11-9-18/h4-7,18,26H,8-16H2,1-3H3. The number of para-hydroxylation sites is 2. The fourth-order valence-electron chi connectivity index (χ4n) is 5.18. The minimum absolute atomic E-state index is 0.520. The van der Waals surface area contributed by atoms with Crippen molar-refractivity contribution >= 4 is 28.0 Å². The van der Waals surface area contributed by atoms with Gasteiger partial charge in [-0.05, 0) is 52.0 Å². The van der Waals surface area contributed by atoms with Gasteiger partial charge in [0.05, 0.1) is 30.8 Å². The van der Waals surface area contributed by atoms with Gasteiger partial charge in [0.2, 0.25) is 5.95 Å². The highest BCUT2D eigenvalue weighted by molar-refractivity contribution is 5.86. The van der Waals surface area contributed by atoms with E-state index in [-0.39, 0.29) is 0 Å². The predicted molar refractivity (Wildman–Crippen MR) is 136 cm³/mol. The van der Waals surface area contributed by atoms with Crippen LogP contribution < -0.4 is 10.2 Å². The molecule has 4 aromatic rings. The number of hydrogen-bond donors (Lipinski definition) is 1. The van der Waals surface area contributed by atoms with Crippen LogP contribution in [-0.2, 0) is 18.3 Å².